The van der Waals surface area contributed by atoms with Crippen molar-refractivity contribution in [3.63, 3.8) is 0 Å². The molecular weight excluding hydrogens is 388 g/mol. The topological polar surface area (TPSA) is 84.5 Å². The van der Waals surface area contributed by atoms with Crippen LogP contribution in [0.2, 0.25) is 5.02 Å². The van der Waals surface area contributed by atoms with Gasteiger partial charge in [0.1, 0.15) is 5.75 Å². The van der Waals surface area contributed by atoms with Gasteiger partial charge in [0, 0.05) is 24.1 Å². The third-order valence-electron chi connectivity index (χ3n) is 3.61. The highest BCUT2D eigenvalue weighted by Crippen LogP contribution is 2.27. The van der Waals surface area contributed by atoms with Gasteiger partial charge in [-0.2, -0.15) is 0 Å². The van der Waals surface area contributed by atoms with Crippen LogP contribution in [0.25, 0.3) is 6.08 Å². The fraction of sp³-hybridized carbons (Fsp3) is 0.211. The number of hydrogen-bond donors (Lipinski definition) is 2. The maximum Gasteiger partial charge on any atom is 0.233 e. The fourth-order valence-corrected chi connectivity index (χ4v) is 3.25. The van der Waals surface area contributed by atoms with Crippen LogP contribution in [0, 0.1) is 6.92 Å². The van der Waals surface area contributed by atoms with Gasteiger partial charge in [0.05, 0.1) is 12.1 Å². The first-order chi connectivity index (χ1) is 12.8. The standard InChI is InChI=1S/C19H21ClN2O4S/c1-14-3-5-15(6-4-14)10-12-27(24,25)21-11-9-19(23)22-16-7-8-18(26-2)17(20)13-16/h3-8,10,12-13,21H,9,11H2,1-2H3,(H,22,23)/b12-10+. The van der Waals surface area contributed by atoms with Gasteiger partial charge in [0.15, 0.2) is 0 Å². The molecule has 2 rings (SSSR count). The van der Waals surface area contributed by atoms with E-state index in [1.54, 1.807) is 18.2 Å². The zero-order valence-corrected chi connectivity index (χ0v) is 16.6. The molecule has 2 aromatic carbocycles. The van der Waals surface area contributed by atoms with Crippen LogP contribution in [-0.4, -0.2) is 28.0 Å². The van der Waals surface area contributed by atoms with E-state index in [2.05, 4.69) is 10.0 Å². The first-order valence-electron chi connectivity index (χ1n) is 8.17. The van der Waals surface area contributed by atoms with E-state index in [9.17, 15) is 13.2 Å². The Bertz CT molecular complexity index is 925. The number of methoxy groups -OCH3 is 1. The summed E-state index contributed by atoms with van der Waals surface area (Å²) in [5.74, 6) is 0.171. The molecule has 0 saturated carbocycles. The van der Waals surface area contributed by atoms with E-state index in [-0.39, 0.29) is 18.9 Å². The van der Waals surface area contributed by atoms with Gasteiger partial charge in [0.2, 0.25) is 15.9 Å². The minimum Gasteiger partial charge on any atom is -0.495 e. The highest BCUT2D eigenvalue weighted by atomic mass is 35.5. The summed E-state index contributed by atoms with van der Waals surface area (Å²) in [5.41, 5.74) is 2.38. The lowest BCUT2D eigenvalue weighted by molar-refractivity contribution is -0.116. The summed E-state index contributed by atoms with van der Waals surface area (Å²) in [5, 5.41) is 4.11. The molecule has 0 aliphatic carbocycles. The summed E-state index contributed by atoms with van der Waals surface area (Å²) in [6.45, 7) is 1.94. The molecule has 2 N–H and O–H groups in total. The number of hydrogen-bond acceptors (Lipinski definition) is 4. The number of rotatable bonds is 8. The number of anilines is 1. The second kappa shape index (κ2) is 9.55. The molecule has 2 aromatic rings. The highest BCUT2D eigenvalue weighted by molar-refractivity contribution is 7.92. The van der Waals surface area contributed by atoms with Crippen molar-refractivity contribution in [3.8, 4) is 5.75 Å². The van der Waals surface area contributed by atoms with E-state index < -0.39 is 10.0 Å². The van der Waals surface area contributed by atoms with Crippen LogP contribution in [-0.2, 0) is 14.8 Å². The molecule has 144 valence electrons. The number of sulfonamides is 1. The summed E-state index contributed by atoms with van der Waals surface area (Å²) in [6, 6.07) is 12.3. The predicted molar refractivity (Wildman–Crippen MR) is 108 cm³/mol. The van der Waals surface area contributed by atoms with E-state index in [1.807, 2.05) is 31.2 Å². The lowest BCUT2D eigenvalue weighted by Crippen LogP contribution is -2.26. The summed E-state index contributed by atoms with van der Waals surface area (Å²) in [6.07, 6.45) is 1.49. The average Bonchev–Trinajstić information content (AvgIpc) is 2.61. The lowest BCUT2D eigenvalue weighted by atomic mass is 10.2. The van der Waals surface area contributed by atoms with Crippen LogP contribution in [0.3, 0.4) is 0 Å². The highest BCUT2D eigenvalue weighted by Gasteiger charge is 2.09. The van der Waals surface area contributed by atoms with Crippen molar-refractivity contribution in [1.82, 2.24) is 4.72 Å². The van der Waals surface area contributed by atoms with Gasteiger partial charge < -0.3 is 10.1 Å². The molecule has 0 radical (unpaired) electrons. The lowest BCUT2D eigenvalue weighted by Gasteiger charge is -2.08. The number of carbonyl (C=O) groups excluding carboxylic acids is 1. The SMILES string of the molecule is COc1ccc(NC(=O)CCNS(=O)(=O)/C=C/c2ccc(C)cc2)cc1Cl. The van der Waals surface area contributed by atoms with Crippen LogP contribution in [0.15, 0.2) is 47.9 Å². The van der Waals surface area contributed by atoms with Crippen LogP contribution >= 0.6 is 11.6 Å². The maximum absolute atomic E-state index is 12.0. The van der Waals surface area contributed by atoms with Crippen LogP contribution < -0.4 is 14.8 Å². The molecule has 0 unspecified atom stereocenters. The van der Waals surface area contributed by atoms with E-state index in [0.717, 1.165) is 16.5 Å². The van der Waals surface area contributed by atoms with Crippen molar-refractivity contribution in [1.29, 1.82) is 0 Å². The van der Waals surface area contributed by atoms with E-state index >= 15 is 0 Å². The molecule has 27 heavy (non-hydrogen) atoms. The van der Waals surface area contributed by atoms with Crippen molar-refractivity contribution in [3.05, 3.63) is 64.0 Å². The summed E-state index contributed by atoms with van der Waals surface area (Å²) in [7, 11) is -2.12. The predicted octanol–water partition coefficient (Wildman–Crippen LogP) is 3.58. The largest absolute Gasteiger partial charge is 0.495 e. The first kappa shape index (κ1) is 21.0. The van der Waals surface area contributed by atoms with Crippen LogP contribution in [0.5, 0.6) is 5.75 Å². The first-order valence-corrected chi connectivity index (χ1v) is 10.1. The van der Waals surface area contributed by atoms with E-state index in [1.165, 1.54) is 13.2 Å². The minimum atomic E-state index is -3.62. The van der Waals surface area contributed by atoms with Crippen molar-refractivity contribution in [2.24, 2.45) is 0 Å². The van der Waals surface area contributed by atoms with E-state index in [4.69, 9.17) is 16.3 Å². The molecule has 0 bridgehead atoms. The summed E-state index contributed by atoms with van der Waals surface area (Å²) < 4.78 is 31.3. The molecule has 0 fully saturated rings. The van der Waals surface area contributed by atoms with Gasteiger partial charge in [-0.05, 0) is 36.8 Å². The van der Waals surface area contributed by atoms with Crippen LogP contribution in [0.4, 0.5) is 5.69 Å². The van der Waals surface area contributed by atoms with Crippen molar-refractivity contribution < 1.29 is 17.9 Å². The molecule has 6 nitrogen and oxygen atoms in total. The number of aryl methyl sites for hydroxylation is 1. The number of halogens is 1. The summed E-state index contributed by atoms with van der Waals surface area (Å²) in [4.78, 5) is 11.9. The molecule has 1 amide bonds. The number of nitrogens with one attached hydrogen (secondary N) is 2. The van der Waals surface area contributed by atoms with Gasteiger partial charge >= 0.3 is 0 Å². The molecule has 0 aliphatic heterocycles. The average molecular weight is 409 g/mol. The number of ether oxygens (including phenoxy) is 1. The zero-order chi connectivity index (χ0) is 19.9. The van der Waals surface area contributed by atoms with Gasteiger partial charge in [0.25, 0.3) is 0 Å². The molecule has 0 spiro atoms. The van der Waals surface area contributed by atoms with Crippen molar-refractivity contribution >= 4 is 39.3 Å². The third kappa shape index (κ3) is 7.05. The quantitative estimate of drug-likeness (QED) is 0.699. The Labute approximate surface area is 164 Å². The Balaban J connectivity index is 1.82. The normalized spacial score (nSPS) is 11.5. The molecule has 0 atom stereocenters. The maximum atomic E-state index is 12.0. The molecule has 0 saturated heterocycles. The van der Waals surface area contributed by atoms with Crippen LogP contribution in [0.1, 0.15) is 17.5 Å². The Kier molecular flexibility index (Phi) is 7.41. The monoisotopic (exact) mass is 408 g/mol. The Morgan fingerprint density at radius 2 is 1.89 bits per heavy atom. The van der Waals surface area contributed by atoms with E-state index in [0.29, 0.717) is 16.5 Å². The Morgan fingerprint density at radius 1 is 1.19 bits per heavy atom. The molecule has 0 heterocycles. The number of carbonyl (C=O) groups is 1. The van der Waals surface area contributed by atoms with Gasteiger partial charge in [-0.25, -0.2) is 13.1 Å². The zero-order valence-electron chi connectivity index (χ0n) is 15.0. The molecule has 0 aromatic heterocycles. The smallest absolute Gasteiger partial charge is 0.233 e. The van der Waals surface area contributed by atoms with Gasteiger partial charge in [-0.3, -0.25) is 4.79 Å². The number of benzene rings is 2. The van der Waals surface area contributed by atoms with Crippen molar-refractivity contribution in [2.45, 2.75) is 13.3 Å². The van der Waals surface area contributed by atoms with Gasteiger partial charge in [-0.15, -0.1) is 0 Å². The van der Waals surface area contributed by atoms with Gasteiger partial charge in [-0.1, -0.05) is 41.4 Å². The van der Waals surface area contributed by atoms with Crippen molar-refractivity contribution in [2.75, 3.05) is 19.0 Å². The Hall–Kier alpha value is -2.35. The second-order valence-corrected chi connectivity index (χ2v) is 7.86. The molecular formula is C19H21ClN2O4S. The summed E-state index contributed by atoms with van der Waals surface area (Å²) >= 11 is 6.00. The Morgan fingerprint density at radius 3 is 2.52 bits per heavy atom. The number of amides is 1. The molecule has 8 heteroatoms. The second-order valence-electron chi connectivity index (χ2n) is 5.80. The minimum absolute atomic E-state index is 0.0126. The molecule has 0 aliphatic rings. The third-order valence-corrected chi connectivity index (χ3v) is 5.00. The fourth-order valence-electron chi connectivity index (χ4n) is 2.17.